The van der Waals surface area contributed by atoms with Gasteiger partial charge < -0.3 is 5.32 Å². The Hall–Kier alpha value is -1.54. The topological polar surface area (TPSA) is 12.0 Å². The van der Waals surface area contributed by atoms with Crippen LogP contribution in [0.4, 0.5) is 10.1 Å². The van der Waals surface area contributed by atoms with Gasteiger partial charge in [0.15, 0.2) is 0 Å². The van der Waals surface area contributed by atoms with Gasteiger partial charge in [-0.3, -0.25) is 0 Å². The summed E-state index contributed by atoms with van der Waals surface area (Å²) < 4.78 is 13.1. The van der Waals surface area contributed by atoms with Crippen LogP contribution in [0, 0.1) is 12.7 Å². The Labute approximate surface area is 118 Å². The van der Waals surface area contributed by atoms with Gasteiger partial charge in [0.1, 0.15) is 5.82 Å². The van der Waals surface area contributed by atoms with Crippen LogP contribution in [0.5, 0.6) is 0 Å². The zero-order valence-corrected chi connectivity index (χ0v) is 11.8. The van der Waals surface area contributed by atoms with Gasteiger partial charge in [-0.15, -0.1) is 0 Å². The number of aryl methyl sites for hydroxylation is 1. The fourth-order valence-electron chi connectivity index (χ4n) is 2.07. The van der Waals surface area contributed by atoms with Gasteiger partial charge in [-0.05, 0) is 55.7 Å². The Bertz CT molecular complexity index is 568. The van der Waals surface area contributed by atoms with Crippen molar-refractivity contribution in [1.29, 1.82) is 0 Å². The number of benzene rings is 2. The van der Waals surface area contributed by atoms with E-state index in [9.17, 15) is 4.39 Å². The minimum atomic E-state index is -0.196. The second-order valence-electron chi connectivity index (χ2n) is 4.86. The molecule has 0 aliphatic rings. The minimum absolute atomic E-state index is 0.182. The van der Waals surface area contributed by atoms with E-state index >= 15 is 0 Å². The molecule has 1 nitrogen and oxygen atoms in total. The maximum Gasteiger partial charge on any atom is 0.123 e. The molecule has 1 N–H and O–H groups in total. The third-order valence-corrected chi connectivity index (χ3v) is 3.27. The van der Waals surface area contributed by atoms with Crippen molar-refractivity contribution >= 4 is 17.3 Å². The zero-order chi connectivity index (χ0) is 13.8. The number of hydrogen-bond acceptors (Lipinski definition) is 1. The molecule has 0 aliphatic carbocycles. The molecule has 2 aromatic rings. The van der Waals surface area contributed by atoms with E-state index in [-0.39, 0.29) is 11.9 Å². The predicted octanol–water partition coefficient (Wildman–Crippen LogP) is 4.83. The quantitative estimate of drug-likeness (QED) is 0.844. The van der Waals surface area contributed by atoms with Crippen molar-refractivity contribution in [3.05, 3.63) is 64.4 Å². The highest BCUT2D eigenvalue weighted by atomic mass is 35.5. The maximum atomic E-state index is 13.1. The third kappa shape index (κ3) is 3.97. The van der Waals surface area contributed by atoms with E-state index in [1.165, 1.54) is 6.07 Å². The highest BCUT2D eigenvalue weighted by molar-refractivity contribution is 6.33. The average Bonchev–Trinajstić information content (AvgIpc) is 2.33. The molecule has 2 rings (SSSR count). The Balaban J connectivity index is 2.03. The van der Waals surface area contributed by atoms with Crippen molar-refractivity contribution in [2.24, 2.45) is 0 Å². The Morgan fingerprint density at radius 3 is 2.68 bits per heavy atom. The molecule has 3 heteroatoms. The van der Waals surface area contributed by atoms with E-state index in [2.05, 4.69) is 12.2 Å². The van der Waals surface area contributed by atoms with Crippen LogP contribution in [0.15, 0.2) is 42.5 Å². The lowest BCUT2D eigenvalue weighted by atomic mass is 10.1. The van der Waals surface area contributed by atoms with E-state index in [1.807, 2.05) is 31.2 Å². The Morgan fingerprint density at radius 1 is 1.21 bits per heavy atom. The van der Waals surface area contributed by atoms with Crippen molar-refractivity contribution in [3.8, 4) is 0 Å². The summed E-state index contributed by atoms with van der Waals surface area (Å²) in [5.41, 5.74) is 3.02. The molecular formula is C16H17ClFN. The lowest BCUT2D eigenvalue weighted by Crippen LogP contribution is -2.18. The van der Waals surface area contributed by atoms with Gasteiger partial charge in [0, 0.05) is 6.04 Å². The summed E-state index contributed by atoms with van der Waals surface area (Å²) in [6.07, 6.45) is 0.752. The number of anilines is 1. The summed E-state index contributed by atoms with van der Waals surface area (Å²) >= 11 is 6.18. The summed E-state index contributed by atoms with van der Waals surface area (Å²) in [4.78, 5) is 0. The average molecular weight is 278 g/mol. The van der Waals surface area contributed by atoms with Crippen LogP contribution >= 0.6 is 11.6 Å². The van der Waals surface area contributed by atoms with Crippen molar-refractivity contribution in [2.75, 3.05) is 5.32 Å². The van der Waals surface area contributed by atoms with Gasteiger partial charge in [-0.2, -0.15) is 0 Å². The van der Waals surface area contributed by atoms with Gasteiger partial charge in [-0.1, -0.05) is 29.8 Å². The first-order valence-corrected chi connectivity index (χ1v) is 6.69. The first-order valence-electron chi connectivity index (χ1n) is 6.32. The molecule has 0 spiro atoms. The fraction of sp³-hybridized carbons (Fsp3) is 0.250. The van der Waals surface area contributed by atoms with Gasteiger partial charge >= 0.3 is 0 Å². The monoisotopic (exact) mass is 277 g/mol. The van der Waals surface area contributed by atoms with Crippen LogP contribution in [0.2, 0.25) is 5.02 Å². The molecule has 0 saturated heterocycles. The standard InChI is InChI=1S/C16H17ClFN/c1-11-6-7-16(15(17)8-11)19-12(2)9-13-4-3-5-14(18)10-13/h3-8,10,12,19H,9H2,1-2H3. The highest BCUT2D eigenvalue weighted by Crippen LogP contribution is 2.24. The van der Waals surface area contributed by atoms with Crippen molar-refractivity contribution in [1.82, 2.24) is 0 Å². The summed E-state index contributed by atoms with van der Waals surface area (Å²) in [7, 11) is 0. The van der Waals surface area contributed by atoms with Gasteiger partial charge in [0.2, 0.25) is 0 Å². The molecule has 0 heterocycles. The van der Waals surface area contributed by atoms with E-state index in [0.29, 0.717) is 5.02 Å². The second kappa shape index (κ2) is 6.07. The third-order valence-electron chi connectivity index (χ3n) is 2.96. The molecule has 0 bridgehead atoms. The van der Waals surface area contributed by atoms with E-state index in [0.717, 1.165) is 23.2 Å². The summed E-state index contributed by atoms with van der Waals surface area (Å²) in [6.45, 7) is 4.06. The molecule has 0 aliphatic heterocycles. The largest absolute Gasteiger partial charge is 0.381 e. The molecule has 1 atom stereocenters. The summed E-state index contributed by atoms with van der Waals surface area (Å²) in [6, 6.07) is 12.8. The SMILES string of the molecule is Cc1ccc(NC(C)Cc2cccc(F)c2)c(Cl)c1. The van der Waals surface area contributed by atoms with Crippen LogP contribution in [0.1, 0.15) is 18.1 Å². The molecule has 0 amide bonds. The molecular weight excluding hydrogens is 261 g/mol. The van der Waals surface area contributed by atoms with E-state index in [4.69, 9.17) is 11.6 Å². The minimum Gasteiger partial charge on any atom is -0.381 e. The summed E-state index contributed by atoms with van der Waals surface area (Å²) in [5, 5.41) is 4.06. The fourth-order valence-corrected chi connectivity index (χ4v) is 2.36. The molecule has 0 aromatic heterocycles. The van der Waals surface area contributed by atoms with Crippen LogP contribution in [0.3, 0.4) is 0 Å². The zero-order valence-electron chi connectivity index (χ0n) is 11.1. The second-order valence-corrected chi connectivity index (χ2v) is 5.27. The molecule has 0 radical (unpaired) electrons. The molecule has 0 saturated carbocycles. The molecule has 2 aromatic carbocycles. The lowest BCUT2D eigenvalue weighted by Gasteiger charge is -2.16. The lowest BCUT2D eigenvalue weighted by molar-refractivity contribution is 0.624. The number of nitrogens with one attached hydrogen (secondary N) is 1. The maximum absolute atomic E-state index is 13.1. The molecule has 0 fully saturated rings. The van der Waals surface area contributed by atoms with Crippen LogP contribution < -0.4 is 5.32 Å². The van der Waals surface area contributed by atoms with Gasteiger partial charge in [0.25, 0.3) is 0 Å². The number of halogens is 2. The Morgan fingerprint density at radius 2 is 2.00 bits per heavy atom. The highest BCUT2D eigenvalue weighted by Gasteiger charge is 2.07. The molecule has 19 heavy (non-hydrogen) atoms. The van der Waals surface area contributed by atoms with Crippen LogP contribution in [-0.4, -0.2) is 6.04 Å². The molecule has 100 valence electrons. The van der Waals surface area contributed by atoms with Gasteiger partial charge in [-0.25, -0.2) is 4.39 Å². The van der Waals surface area contributed by atoms with Crippen molar-refractivity contribution in [3.63, 3.8) is 0 Å². The normalized spacial score (nSPS) is 12.2. The summed E-state index contributed by atoms with van der Waals surface area (Å²) in [5.74, 6) is -0.196. The van der Waals surface area contributed by atoms with E-state index < -0.39 is 0 Å². The molecule has 1 unspecified atom stereocenters. The smallest absolute Gasteiger partial charge is 0.123 e. The van der Waals surface area contributed by atoms with Crippen LogP contribution in [0.25, 0.3) is 0 Å². The van der Waals surface area contributed by atoms with Crippen molar-refractivity contribution in [2.45, 2.75) is 26.3 Å². The van der Waals surface area contributed by atoms with Crippen LogP contribution in [-0.2, 0) is 6.42 Å². The van der Waals surface area contributed by atoms with E-state index in [1.54, 1.807) is 12.1 Å². The number of hydrogen-bond donors (Lipinski definition) is 1. The van der Waals surface area contributed by atoms with Gasteiger partial charge in [0.05, 0.1) is 10.7 Å². The van der Waals surface area contributed by atoms with Crippen molar-refractivity contribution < 1.29 is 4.39 Å². The predicted molar refractivity (Wildman–Crippen MR) is 79.4 cm³/mol. The Kier molecular flexibility index (Phi) is 4.43. The first kappa shape index (κ1) is 13.9. The first-order chi connectivity index (χ1) is 9.04. The number of rotatable bonds is 4.